The number of azide groups is 1. The second kappa shape index (κ2) is 5.91. The van der Waals surface area contributed by atoms with Crippen molar-refractivity contribution in [3.8, 4) is 0 Å². The van der Waals surface area contributed by atoms with Crippen LogP contribution in [0.5, 0.6) is 0 Å². The molecule has 4 atom stereocenters. The number of aliphatic hydroxyl groups is 3. The van der Waals surface area contributed by atoms with Crippen LogP contribution in [0.3, 0.4) is 0 Å². The van der Waals surface area contributed by atoms with E-state index in [2.05, 4.69) is 10.0 Å². The number of aromatic nitrogens is 2. The lowest BCUT2D eigenvalue weighted by Crippen LogP contribution is -2.48. The number of aryl methyl sites for hydroxylation is 1. The Bertz CT molecular complexity index is 722. The zero-order valence-electron chi connectivity index (χ0n) is 11.6. The maximum atomic E-state index is 11.8. The van der Waals surface area contributed by atoms with Gasteiger partial charge in [0.2, 0.25) is 0 Å². The highest BCUT2D eigenvalue weighted by Gasteiger charge is 2.54. The molecule has 0 saturated carbocycles. The number of nitrogens with one attached hydrogen (secondary N) is 1. The highest BCUT2D eigenvalue weighted by molar-refractivity contribution is 5.06. The Morgan fingerprint density at radius 3 is 2.82 bits per heavy atom. The van der Waals surface area contributed by atoms with Gasteiger partial charge in [0.25, 0.3) is 5.56 Å². The number of aromatic amines is 1. The van der Waals surface area contributed by atoms with Gasteiger partial charge >= 0.3 is 5.69 Å². The Balaban J connectivity index is 2.46. The largest absolute Gasteiger partial charge is 0.393 e. The van der Waals surface area contributed by atoms with Gasteiger partial charge in [-0.15, -0.1) is 0 Å². The highest BCUT2D eigenvalue weighted by atomic mass is 16.6. The first kappa shape index (κ1) is 16.2. The molecule has 1 aliphatic heterocycles. The molecule has 0 unspecified atom stereocenters. The van der Waals surface area contributed by atoms with Crippen LogP contribution >= 0.6 is 0 Å². The van der Waals surface area contributed by atoms with E-state index in [-0.39, 0.29) is 5.56 Å². The molecule has 0 spiro atoms. The van der Waals surface area contributed by atoms with Crippen molar-refractivity contribution in [2.75, 3.05) is 13.2 Å². The van der Waals surface area contributed by atoms with Crippen molar-refractivity contribution in [1.82, 2.24) is 9.55 Å². The van der Waals surface area contributed by atoms with Gasteiger partial charge in [-0.05, 0) is 12.5 Å². The fourth-order valence-corrected chi connectivity index (χ4v) is 2.31. The van der Waals surface area contributed by atoms with E-state index in [1.807, 2.05) is 4.98 Å². The first-order chi connectivity index (χ1) is 10.4. The summed E-state index contributed by atoms with van der Waals surface area (Å²) in [5.41, 5.74) is 5.39. The molecule has 1 fully saturated rings. The zero-order chi connectivity index (χ0) is 16.5. The monoisotopic (exact) mass is 313 g/mol. The van der Waals surface area contributed by atoms with Crippen LogP contribution in [0.1, 0.15) is 11.8 Å². The third kappa shape index (κ3) is 2.51. The summed E-state index contributed by atoms with van der Waals surface area (Å²) in [7, 11) is 0. The minimum atomic E-state index is -1.74. The van der Waals surface area contributed by atoms with Crippen LogP contribution in [0.2, 0.25) is 0 Å². The van der Waals surface area contributed by atoms with Crippen molar-refractivity contribution in [1.29, 1.82) is 0 Å². The number of rotatable bonds is 4. The van der Waals surface area contributed by atoms with Crippen molar-refractivity contribution in [2.45, 2.75) is 31.0 Å². The molecule has 0 amide bonds. The van der Waals surface area contributed by atoms with Gasteiger partial charge in [0, 0.05) is 16.7 Å². The summed E-state index contributed by atoms with van der Waals surface area (Å²) in [6, 6.07) is 0. The van der Waals surface area contributed by atoms with Crippen LogP contribution in [-0.4, -0.2) is 55.8 Å². The third-order valence-electron chi connectivity index (χ3n) is 3.60. The second-order valence-corrected chi connectivity index (χ2v) is 5.03. The standard InChI is InChI=1S/C11H15N5O6/c1-5-2-16(10(21)14-8(5)20)9-6(18)7(19)11(4-17,22-9)3-13-15-12/h2,6-7,9,17-19H,3-4H2,1H3,(H,14,20,21)/t6-,7+,9-,11-/m1/s1. The summed E-state index contributed by atoms with van der Waals surface area (Å²) in [6.45, 7) is 0.273. The predicted molar refractivity (Wildman–Crippen MR) is 72.0 cm³/mol. The van der Waals surface area contributed by atoms with Crippen LogP contribution in [0, 0.1) is 6.92 Å². The Kier molecular flexibility index (Phi) is 4.35. The topological polar surface area (TPSA) is 174 Å². The number of nitrogens with zero attached hydrogens (tertiary/aromatic N) is 4. The molecule has 2 heterocycles. The van der Waals surface area contributed by atoms with Crippen molar-refractivity contribution in [3.05, 3.63) is 43.0 Å². The number of hydrogen-bond acceptors (Lipinski definition) is 7. The molecule has 0 bridgehead atoms. The summed E-state index contributed by atoms with van der Waals surface area (Å²) in [4.78, 5) is 27.8. The van der Waals surface area contributed by atoms with Crippen LogP contribution in [0.15, 0.2) is 20.9 Å². The van der Waals surface area contributed by atoms with E-state index >= 15 is 0 Å². The Labute approximate surface area is 123 Å². The minimum Gasteiger partial charge on any atom is -0.393 e. The van der Waals surface area contributed by atoms with E-state index in [0.29, 0.717) is 0 Å². The van der Waals surface area contributed by atoms with E-state index < -0.39 is 48.4 Å². The SMILES string of the molecule is Cc1cn([C@@H]2O[C@@](CO)(CN=[N+]=[N-])[C@@H](O)[C@H]2O)c(=O)[nH]c1=O. The predicted octanol–water partition coefficient (Wildman–Crippen LogP) is -1.86. The third-order valence-corrected chi connectivity index (χ3v) is 3.60. The lowest BCUT2D eigenvalue weighted by atomic mass is 9.96. The van der Waals surface area contributed by atoms with Crippen molar-refractivity contribution in [3.63, 3.8) is 0 Å². The Morgan fingerprint density at radius 2 is 2.23 bits per heavy atom. The quantitative estimate of drug-likeness (QED) is 0.288. The van der Waals surface area contributed by atoms with Crippen molar-refractivity contribution >= 4 is 0 Å². The van der Waals surface area contributed by atoms with Crippen molar-refractivity contribution < 1.29 is 20.1 Å². The molecule has 1 saturated heterocycles. The summed E-state index contributed by atoms with van der Waals surface area (Å²) < 4.78 is 6.31. The summed E-state index contributed by atoms with van der Waals surface area (Å²) in [6.07, 6.45) is -3.33. The van der Waals surface area contributed by atoms with E-state index in [1.165, 1.54) is 13.1 Å². The molecule has 0 aliphatic carbocycles. The molecule has 0 aromatic carbocycles. The number of hydrogen-bond donors (Lipinski definition) is 4. The summed E-state index contributed by atoms with van der Waals surface area (Å²) in [5, 5.41) is 32.8. The molecule has 11 heteroatoms. The normalized spacial score (nSPS) is 31.0. The van der Waals surface area contributed by atoms with Gasteiger partial charge in [0.15, 0.2) is 6.23 Å². The first-order valence-electron chi connectivity index (χ1n) is 6.34. The molecule has 0 radical (unpaired) electrons. The smallest absolute Gasteiger partial charge is 0.330 e. The molecule has 120 valence electrons. The van der Waals surface area contributed by atoms with Gasteiger partial charge in [-0.3, -0.25) is 14.3 Å². The molecule has 1 aliphatic rings. The summed E-state index contributed by atoms with van der Waals surface area (Å²) >= 11 is 0. The Hall–Kier alpha value is -2.17. The van der Waals surface area contributed by atoms with E-state index in [1.54, 1.807) is 0 Å². The van der Waals surface area contributed by atoms with Gasteiger partial charge in [-0.1, -0.05) is 5.11 Å². The molecular formula is C11H15N5O6. The second-order valence-electron chi connectivity index (χ2n) is 5.03. The van der Waals surface area contributed by atoms with Gasteiger partial charge in [-0.2, -0.15) is 0 Å². The molecule has 11 nitrogen and oxygen atoms in total. The lowest BCUT2D eigenvalue weighted by molar-refractivity contribution is -0.123. The lowest BCUT2D eigenvalue weighted by Gasteiger charge is -2.27. The van der Waals surface area contributed by atoms with Gasteiger partial charge < -0.3 is 20.1 Å². The molecule has 22 heavy (non-hydrogen) atoms. The highest BCUT2D eigenvalue weighted by Crippen LogP contribution is 2.36. The molecule has 2 rings (SSSR count). The maximum Gasteiger partial charge on any atom is 0.330 e. The van der Waals surface area contributed by atoms with E-state index in [9.17, 15) is 24.9 Å². The van der Waals surface area contributed by atoms with E-state index in [4.69, 9.17) is 10.3 Å². The van der Waals surface area contributed by atoms with Crippen LogP contribution in [-0.2, 0) is 4.74 Å². The van der Waals surface area contributed by atoms with E-state index in [0.717, 1.165) is 4.57 Å². The average Bonchev–Trinajstić information content (AvgIpc) is 2.74. The molecule has 1 aromatic heterocycles. The summed E-state index contributed by atoms with van der Waals surface area (Å²) in [5.74, 6) is 0. The fourth-order valence-electron chi connectivity index (χ4n) is 2.31. The van der Waals surface area contributed by atoms with Gasteiger partial charge in [0.05, 0.1) is 13.2 Å². The molecular weight excluding hydrogens is 298 g/mol. The zero-order valence-corrected chi connectivity index (χ0v) is 11.6. The van der Waals surface area contributed by atoms with Crippen LogP contribution < -0.4 is 11.2 Å². The number of ether oxygens (including phenoxy) is 1. The minimum absolute atomic E-state index is 0.196. The van der Waals surface area contributed by atoms with Crippen LogP contribution in [0.25, 0.3) is 10.4 Å². The van der Waals surface area contributed by atoms with Gasteiger partial charge in [-0.25, -0.2) is 4.79 Å². The van der Waals surface area contributed by atoms with Gasteiger partial charge in [0.1, 0.15) is 17.8 Å². The number of aliphatic hydroxyl groups excluding tert-OH is 3. The average molecular weight is 313 g/mol. The Morgan fingerprint density at radius 1 is 1.55 bits per heavy atom. The fraction of sp³-hybridized carbons (Fsp3) is 0.636. The van der Waals surface area contributed by atoms with Crippen LogP contribution in [0.4, 0.5) is 0 Å². The molecule has 4 N–H and O–H groups in total. The molecule has 1 aromatic rings. The van der Waals surface area contributed by atoms with Crippen molar-refractivity contribution in [2.24, 2.45) is 5.11 Å². The first-order valence-corrected chi connectivity index (χ1v) is 6.34. The number of H-pyrrole nitrogens is 1. The maximum absolute atomic E-state index is 11.8.